The number of hydrogen-bond donors (Lipinski definition) is 2. The Bertz CT molecular complexity index is 429. The van der Waals surface area contributed by atoms with Crippen molar-refractivity contribution in [2.45, 2.75) is 37.8 Å². The molecule has 1 saturated carbocycles. The first kappa shape index (κ1) is 13.9. The van der Waals surface area contributed by atoms with Crippen LogP contribution in [0.5, 0.6) is 0 Å². The molecule has 96 valence electrons. The second-order valence-electron chi connectivity index (χ2n) is 4.33. The van der Waals surface area contributed by atoms with Crippen molar-refractivity contribution in [1.82, 2.24) is 4.72 Å². The Hall–Kier alpha value is -0.180. The van der Waals surface area contributed by atoms with E-state index in [2.05, 4.69) is 4.72 Å². The molecule has 1 rings (SSSR count). The molecule has 0 aromatic rings. The van der Waals surface area contributed by atoms with Gasteiger partial charge in [0.05, 0.1) is 0 Å². The Balaban J connectivity index is 2.65. The third kappa shape index (κ3) is 4.77. The Morgan fingerprint density at radius 1 is 1.19 bits per heavy atom. The van der Waals surface area contributed by atoms with Crippen LogP contribution in [-0.4, -0.2) is 40.3 Å². The van der Waals surface area contributed by atoms with Gasteiger partial charge in [0.2, 0.25) is 10.0 Å². The van der Waals surface area contributed by atoms with Crippen LogP contribution in [0, 0.1) is 0 Å². The Labute approximate surface area is 96.6 Å². The number of hydrogen-bond acceptors (Lipinski definition) is 5. The summed E-state index contributed by atoms with van der Waals surface area (Å²) in [4.78, 5) is 0. The Morgan fingerprint density at radius 2 is 1.75 bits per heavy atom. The molecule has 2 atom stereocenters. The summed E-state index contributed by atoms with van der Waals surface area (Å²) in [7, 11) is -7.33. The quantitative estimate of drug-likeness (QED) is 0.694. The molecule has 16 heavy (non-hydrogen) atoms. The van der Waals surface area contributed by atoms with Crippen LogP contribution in [0.2, 0.25) is 0 Å². The molecule has 3 N–H and O–H groups in total. The highest BCUT2D eigenvalue weighted by Gasteiger charge is 2.27. The summed E-state index contributed by atoms with van der Waals surface area (Å²) >= 11 is 0. The molecule has 0 heterocycles. The smallest absolute Gasteiger partial charge is 0.226 e. The predicted octanol–water partition coefficient (Wildman–Crippen LogP) is -0.822. The first-order valence-corrected chi connectivity index (χ1v) is 8.84. The standard InChI is InChI=1S/C8H18N2O4S2/c1-15(11,12)6-16(13,14)10-8-5-3-2-4-7(8)9/h7-8,10H,2-6,9H2,1H3/t7-,8-/m1/s1. The zero-order chi connectivity index (χ0) is 12.4. The summed E-state index contributed by atoms with van der Waals surface area (Å²) in [6.07, 6.45) is 4.24. The molecule has 6 nitrogen and oxygen atoms in total. The van der Waals surface area contributed by atoms with E-state index in [-0.39, 0.29) is 12.1 Å². The van der Waals surface area contributed by atoms with Crippen molar-refractivity contribution in [2.75, 3.05) is 11.3 Å². The van der Waals surface area contributed by atoms with Crippen molar-refractivity contribution < 1.29 is 16.8 Å². The Kier molecular flexibility index (Phi) is 4.33. The van der Waals surface area contributed by atoms with Gasteiger partial charge in [-0.15, -0.1) is 0 Å². The van der Waals surface area contributed by atoms with E-state index < -0.39 is 24.9 Å². The predicted molar refractivity (Wildman–Crippen MR) is 62.0 cm³/mol. The fourth-order valence-electron chi connectivity index (χ4n) is 1.85. The number of nitrogens with one attached hydrogen (secondary N) is 1. The van der Waals surface area contributed by atoms with Gasteiger partial charge >= 0.3 is 0 Å². The zero-order valence-electron chi connectivity index (χ0n) is 9.22. The van der Waals surface area contributed by atoms with E-state index in [4.69, 9.17) is 5.73 Å². The number of sulfone groups is 1. The van der Waals surface area contributed by atoms with Crippen LogP contribution in [-0.2, 0) is 19.9 Å². The molecule has 8 heteroatoms. The minimum atomic E-state index is -3.79. The maximum atomic E-state index is 11.5. The lowest BCUT2D eigenvalue weighted by molar-refractivity contribution is 0.361. The van der Waals surface area contributed by atoms with Gasteiger partial charge in [-0.2, -0.15) is 0 Å². The SMILES string of the molecule is CS(=O)(=O)CS(=O)(=O)N[C@@H]1CCCC[C@H]1N. The van der Waals surface area contributed by atoms with E-state index in [1.807, 2.05) is 0 Å². The van der Waals surface area contributed by atoms with E-state index in [0.29, 0.717) is 6.42 Å². The first-order chi connectivity index (χ1) is 7.20. The molecule has 0 bridgehead atoms. The summed E-state index contributed by atoms with van der Waals surface area (Å²) in [6, 6.07) is -0.552. The lowest BCUT2D eigenvalue weighted by Crippen LogP contribution is -2.50. The van der Waals surface area contributed by atoms with Crippen LogP contribution >= 0.6 is 0 Å². The van der Waals surface area contributed by atoms with Gasteiger partial charge in [-0.25, -0.2) is 21.6 Å². The third-order valence-electron chi connectivity index (χ3n) is 2.52. The molecule has 0 unspecified atom stereocenters. The molecular weight excluding hydrogens is 252 g/mol. The van der Waals surface area contributed by atoms with Crippen LogP contribution in [0.4, 0.5) is 0 Å². The van der Waals surface area contributed by atoms with Crippen molar-refractivity contribution in [3.8, 4) is 0 Å². The van der Waals surface area contributed by atoms with Gasteiger partial charge in [0.25, 0.3) is 0 Å². The number of nitrogens with two attached hydrogens (primary N) is 1. The molecule has 0 amide bonds. The van der Waals surface area contributed by atoms with Gasteiger partial charge in [-0.3, -0.25) is 0 Å². The maximum absolute atomic E-state index is 11.5. The van der Waals surface area contributed by atoms with Crippen LogP contribution in [0.25, 0.3) is 0 Å². The van der Waals surface area contributed by atoms with E-state index in [9.17, 15) is 16.8 Å². The molecule has 0 aliphatic heterocycles. The molecule has 0 saturated heterocycles. The number of sulfonamides is 1. The summed E-state index contributed by atoms with van der Waals surface area (Å²) < 4.78 is 47.2. The van der Waals surface area contributed by atoms with Gasteiger partial charge in [0, 0.05) is 18.3 Å². The molecule has 0 spiro atoms. The first-order valence-electron chi connectivity index (χ1n) is 5.13. The largest absolute Gasteiger partial charge is 0.326 e. The van der Waals surface area contributed by atoms with Crippen LogP contribution in [0.1, 0.15) is 25.7 Å². The third-order valence-corrected chi connectivity index (χ3v) is 6.14. The van der Waals surface area contributed by atoms with Crippen molar-refractivity contribution in [2.24, 2.45) is 5.73 Å². The van der Waals surface area contributed by atoms with Crippen molar-refractivity contribution in [3.05, 3.63) is 0 Å². The highest BCUT2D eigenvalue weighted by atomic mass is 32.3. The van der Waals surface area contributed by atoms with E-state index in [0.717, 1.165) is 25.5 Å². The maximum Gasteiger partial charge on any atom is 0.226 e. The van der Waals surface area contributed by atoms with Gasteiger partial charge < -0.3 is 5.73 Å². The highest BCUT2D eigenvalue weighted by Crippen LogP contribution is 2.17. The molecule has 0 aromatic carbocycles. The molecular formula is C8H18N2O4S2. The highest BCUT2D eigenvalue weighted by molar-refractivity contribution is 8.06. The van der Waals surface area contributed by atoms with Gasteiger partial charge in [-0.1, -0.05) is 12.8 Å². The minimum absolute atomic E-state index is 0.219. The minimum Gasteiger partial charge on any atom is -0.326 e. The summed E-state index contributed by atoms with van der Waals surface area (Å²) in [5.41, 5.74) is 5.77. The Morgan fingerprint density at radius 3 is 2.25 bits per heavy atom. The molecule has 1 aliphatic rings. The van der Waals surface area contributed by atoms with Crippen LogP contribution in [0.3, 0.4) is 0 Å². The van der Waals surface area contributed by atoms with Crippen molar-refractivity contribution in [3.63, 3.8) is 0 Å². The fourth-order valence-corrected chi connectivity index (χ4v) is 5.13. The van der Waals surface area contributed by atoms with Crippen molar-refractivity contribution in [1.29, 1.82) is 0 Å². The lowest BCUT2D eigenvalue weighted by Gasteiger charge is -2.28. The second-order valence-corrected chi connectivity index (χ2v) is 8.59. The normalized spacial score (nSPS) is 27.9. The topological polar surface area (TPSA) is 106 Å². The molecule has 0 aromatic heterocycles. The molecule has 1 aliphatic carbocycles. The summed E-state index contributed by atoms with van der Waals surface area (Å²) in [5, 5.41) is -0.872. The van der Waals surface area contributed by atoms with Crippen LogP contribution in [0.15, 0.2) is 0 Å². The fraction of sp³-hybridized carbons (Fsp3) is 1.00. The van der Waals surface area contributed by atoms with Gasteiger partial charge in [-0.05, 0) is 12.8 Å². The zero-order valence-corrected chi connectivity index (χ0v) is 10.9. The lowest BCUT2D eigenvalue weighted by atomic mass is 9.92. The second kappa shape index (κ2) is 4.99. The van der Waals surface area contributed by atoms with Gasteiger partial charge in [0.1, 0.15) is 0 Å². The average Bonchev–Trinajstić information content (AvgIpc) is 2.04. The van der Waals surface area contributed by atoms with Crippen molar-refractivity contribution >= 4 is 19.9 Å². The average molecular weight is 270 g/mol. The monoisotopic (exact) mass is 270 g/mol. The van der Waals surface area contributed by atoms with Gasteiger partial charge in [0.15, 0.2) is 14.9 Å². The molecule has 1 fully saturated rings. The molecule has 0 radical (unpaired) electrons. The summed E-state index contributed by atoms with van der Waals surface area (Å²) in [5.74, 6) is 0. The summed E-state index contributed by atoms with van der Waals surface area (Å²) in [6.45, 7) is 0. The van der Waals surface area contributed by atoms with E-state index in [1.54, 1.807) is 0 Å². The van der Waals surface area contributed by atoms with E-state index >= 15 is 0 Å². The van der Waals surface area contributed by atoms with Crippen LogP contribution < -0.4 is 10.5 Å². The van der Waals surface area contributed by atoms with E-state index in [1.165, 1.54) is 0 Å². The number of rotatable bonds is 4.